The summed E-state index contributed by atoms with van der Waals surface area (Å²) < 4.78 is 12.1. The molecule has 0 heterocycles. The van der Waals surface area contributed by atoms with E-state index in [0.717, 1.165) is 0 Å². The standard InChI is InChI=1S/C6H5FS.C2H6/c7-5-2-1-3-6(8)4-5;1-2/h1-4,8H;1-2H3. The molecule has 0 unspecified atom stereocenters. The van der Waals surface area contributed by atoms with Crippen LogP contribution in [0.2, 0.25) is 0 Å². The quantitative estimate of drug-likeness (QED) is 0.551. The summed E-state index contributed by atoms with van der Waals surface area (Å²) >= 11 is 3.91. The van der Waals surface area contributed by atoms with Gasteiger partial charge in [0.2, 0.25) is 0 Å². The van der Waals surface area contributed by atoms with Gasteiger partial charge < -0.3 is 0 Å². The lowest BCUT2D eigenvalue weighted by Gasteiger charge is -1.86. The molecule has 0 radical (unpaired) electrons. The zero-order valence-electron chi connectivity index (χ0n) is 6.13. The average Bonchev–Trinajstić information content (AvgIpc) is 1.91. The Morgan fingerprint density at radius 1 is 1.30 bits per heavy atom. The Morgan fingerprint density at radius 2 is 1.90 bits per heavy atom. The Kier molecular flexibility index (Phi) is 5.03. The predicted octanol–water partition coefficient (Wildman–Crippen LogP) is 3.14. The fourth-order valence-electron chi connectivity index (χ4n) is 0.476. The molecule has 0 aliphatic carbocycles. The van der Waals surface area contributed by atoms with Gasteiger partial charge in [-0.1, -0.05) is 19.9 Å². The van der Waals surface area contributed by atoms with Gasteiger partial charge >= 0.3 is 0 Å². The summed E-state index contributed by atoms with van der Waals surface area (Å²) in [6.07, 6.45) is 0. The van der Waals surface area contributed by atoms with Crippen LogP contribution in [0.15, 0.2) is 29.2 Å². The summed E-state index contributed by atoms with van der Waals surface area (Å²) in [6, 6.07) is 6.10. The molecule has 56 valence electrons. The van der Waals surface area contributed by atoms with Crippen molar-refractivity contribution in [2.24, 2.45) is 0 Å². The highest BCUT2D eigenvalue weighted by atomic mass is 32.1. The van der Waals surface area contributed by atoms with Crippen LogP contribution in [-0.4, -0.2) is 0 Å². The highest BCUT2D eigenvalue weighted by molar-refractivity contribution is 7.80. The lowest BCUT2D eigenvalue weighted by atomic mass is 10.4. The molecule has 0 saturated carbocycles. The van der Waals surface area contributed by atoms with E-state index in [1.165, 1.54) is 12.1 Å². The largest absolute Gasteiger partial charge is 0.207 e. The molecule has 0 spiro atoms. The molecule has 0 amide bonds. The average molecular weight is 158 g/mol. The predicted molar refractivity (Wildman–Crippen MR) is 45.0 cm³/mol. The fourth-order valence-corrected chi connectivity index (χ4v) is 0.686. The van der Waals surface area contributed by atoms with Crippen LogP contribution in [0.5, 0.6) is 0 Å². The van der Waals surface area contributed by atoms with Crippen LogP contribution in [0.4, 0.5) is 4.39 Å². The summed E-state index contributed by atoms with van der Waals surface area (Å²) in [5.41, 5.74) is 0. The first kappa shape index (κ1) is 9.50. The second kappa shape index (κ2) is 5.30. The zero-order chi connectivity index (χ0) is 7.98. The first-order chi connectivity index (χ1) is 4.79. The molecule has 2 heteroatoms. The van der Waals surface area contributed by atoms with Crippen LogP contribution in [0.25, 0.3) is 0 Å². The van der Waals surface area contributed by atoms with E-state index in [1.54, 1.807) is 12.1 Å². The van der Waals surface area contributed by atoms with Crippen LogP contribution >= 0.6 is 12.6 Å². The van der Waals surface area contributed by atoms with Gasteiger partial charge in [0.1, 0.15) is 5.82 Å². The van der Waals surface area contributed by atoms with Crippen molar-refractivity contribution in [2.45, 2.75) is 18.7 Å². The molecular formula is C8H11FS. The number of hydrogen-bond donors (Lipinski definition) is 1. The zero-order valence-corrected chi connectivity index (χ0v) is 7.03. The third-order valence-electron chi connectivity index (χ3n) is 0.808. The molecule has 0 nitrogen and oxygen atoms in total. The van der Waals surface area contributed by atoms with Gasteiger partial charge in [-0.3, -0.25) is 0 Å². The summed E-state index contributed by atoms with van der Waals surface area (Å²) in [7, 11) is 0. The van der Waals surface area contributed by atoms with Gasteiger partial charge in [0.05, 0.1) is 0 Å². The van der Waals surface area contributed by atoms with E-state index < -0.39 is 0 Å². The molecule has 0 N–H and O–H groups in total. The molecule has 10 heavy (non-hydrogen) atoms. The maximum Gasteiger partial charge on any atom is 0.124 e. The van der Waals surface area contributed by atoms with Gasteiger partial charge in [0.15, 0.2) is 0 Å². The van der Waals surface area contributed by atoms with E-state index >= 15 is 0 Å². The van der Waals surface area contributed by atoms with Gasteiger partial charge in [-0.05, 0) is 18.2 Å². The minimum atomic E-state index is -0.238. The van der Waals surface area contributed by atoms with Crippen molar-refractivity contribution in [1.82, 2.24) is 0 Å². The molecule has 0 aliphatic heterocycles. The van der Waals surface area contributed by atoms with Crippen molar-refractivity contribution in [3.8, 4) is 0 Å². The minimum Gasteiger partial charge on any atom is -0.207 e. The van der Waals surface area contributed by atoms with Crippen molar-refractivity contribution in [3.63, 3.8) is 0 Å². The molecule has 1 rings (SSSR count). The van der Waals surface area contributed by atoms with Crippen LogP contribution in [-0.2, 0) is 0 Å². The molecule has 0 aliphatic rings. The molecule has 0 saturated heterocycles. The topological polar surface area (TPSA) is 0 Å². The monoisotopic (exact) mass is 158 g/mol. The summed E-state index contributed by atoms with van der Waals surface area (Å²) in [4.78, 5) is 0.657. The minimum absolute atomic E-state index is 0.238. The lowest BCUT2D eigenvalue weighted by Crippen LogP contribution is -1.69. The normalized spacial score (nSPS) is 8.00. The lowest BCUT2D eigenvalue weighted by molar-refractivity contribution is 0.624. The second-order valence-electron chi connectivity index (χ2n) is 1.48. The van der Waals surface area contributed by atoms with Crippen molar-refractivity contribution in [1.29, 1.82) is 0 Å². The Balaban J connectivity index is 0.000000371. The third kappa shape index (κ3) is 3.51. The number of rotatable bonds is 0. The second-order valence-corrected chi connectivity index (χ2v) is 2.00. The summed E-state index contributed by atoms with van der Waals surface area (Å²) in [5.74, 6) is -0.238. The molecule has 1 aromatic carbocycles. The van der Waals surface area contributed by atoms with E-state index in [-0.39, 0.29) is 5.82 Å². The van der Waals surface area contributed by atoms with Crippen molar-refractivity contribution in [2.75, 3.05) is 0 Å². The van der Waals surface area contributed by atoms with Crippen LogP contribution in [0, 0.1) is 5.82 Å². The van der Waals surface area contributed by atoms with Crippen LogP contribution in [0.3, 0.4) is 0 Å². The first-order valence-electron chi connectivity index (χ1n) is 3.23. The smallest absolute Gasteiger partial charge is 0.124 e. The van der Waals surface area contributed by atoms with Crippen LogP contribution < -0.4 is 0 Å². The van der Waals surface area contributed by atoms with E-state index in [2.05, 4.69) is 12.6 Å². The molecule has 0 fully saturated rings. The Labute approximate surface area is 66.5 Å². The summed E-state index contributed by atoms with van der Waals surface area (Å²) in [6.45, 7) is 4.00. The Bertz CT molecular complexity index is 169. The van der Waals surface area contributed by atoms with E-state index in [4.69, 9.17) is 0 Å². The molecule has 1 aromatic rings. The highest BCUT2D eigenvalue weighted by Gasteiger charge is 1.85. The maximum atomic E-state index is 12.1. The maximum absolute atomic E-state index is 12.1. The Morgan fingerprint density at radius 3 is 2.20 bits per heavy atom. The van der Waals surface area contributed by atoms with Gasteiger partial charge in [-0.2, -0.15) is 0 Å². The van der Waals surface area contributed by atoms with Crippen molar-refractivity contribution in [3.05, 3.63) is 30.1 Å². The van der Waals surface area contributed by atoms with E-state index in [9.17, 15) is 4.39 Å². The van der Waals surface area contributed by atoms with Gasteiger partial charge in [-0.25, -0.2) is 4.39 Å². The molecular weight excluding hydrogens is 147 g/mol. The van der Waals surface area contributed by atoms with Crippen molar-refractivity contribution < 1.29 is 4.39 Å². The van der Waals surface area contributed by atoms with Crippen molar-refractivity contribution >= 4 is 12.6 Å². The van der Waals surface area contributed by atoms with E-state index in [1.807, 2.05) is 13.8 Å². The fraction of sp³-hybridized carbons (Fsp3) is 0.250. The van der Waals surface area contributed by atoms with E-state index in [0.29, 0.717) is 4.90 Å². The third-order valence-corrected chi connectivity index (χ3v) is 1.09. The number of halogens is 1. The van der Waals surface area contributed by atoms with Gasteiger partial charge in [0, 0.05) is 4.90 Å². The van der Waals surface area contributed by atoms with Gasteiger partial charge in [-0.15, -0.1) is 12.6 Å². The molecule has 0 aromatic heterocycles. The number of benzene rings is 1. The SMILES string of the molecule is CC.Fc1cccc(S)c1. The number of hydrogen-bond acceptors (Lipinski definition) is 1. The Hall–Kier alpha value is -0.500. The molecule has 0 bridgehead atoms. The van der Waals surface area contributed by atoms with Crippen LogP contribution in [0.1, 0.15) is 13.8 Å². The van der Waals surface area contributed by atoms with Gasteiger partial charge in [0.25, 0.3) is 0 Å². The number of thiol groups is 1. The first-order valence-corrected chi connectivity index (χ1v) is 3.68. The molecule has 0 atom stereocenters. The highest BCUT2D eigenvalue weighted by Crippen LogP contribution is 2.05. The summed E-state index contributed by atoms with van der Waals surface area (Å²) in [5, 5.41) is 0.